The van der Waals surface area contributed by atoms with E-state index in [9.17, 15) is 0 Å². The van der Waals surface area contributed by atoms with Gasteiger partial charge >= 0.3 is 0 Å². The molecule has 0 amide bonds. The Bertz CT molecular complexity index is 333. The lowest BCUT2D eigenvalue weighted by Crippen LogP contribution is -2.31. The maximum Gasteiger partial charge on any atom is 0.0250 e. The van der Waals surface area contributed by atoms with E-state index in [1.807, 2.05) is 37.7 Å². The minimum Gasteiger partial charge on any atom is -0.308 e. The molecule has 1 aliphatic heterocycles. The average molecular weight is 250 g/mol. The molecule has 2 rings (SSSR count). The Labute approximate surface area is 109 Å². The molecule has 0 radical (unpaired) electrons. The van der Waals surface area contributed by atoms with Crippen molar-refractivity contribution in [1.29, 1.82) is 5.41 Å². The molecule has 1 saturated heterocycles. The molecule has 2 nitrogen and oxygen atoms in total. The van der Waals surface area contributed by atoms with Crippen LogP contribution < -0.4 is 0 Å². The van der Waals surface area contributed by atoms with Crippen LogP contribution in [0.25, 0.3) is 0 Å². The molecule has 3 heteroatoms. The van der Waals surface area contributed by atoms with Crippen molar-refractivity contribution in [3.8, 4) is 0 Å². The van der Waals surface area contributed by atoms with Crippen LogP contribution in [-0.2, 0) is 6.54 Å². The van der Waals surface area contributed by atoms with E-state index in [2.05, 4.69) is 17.0 Å². The third-order valence-electron chi connectivity index (χ3n) is 2.63. The molecule has 0 aliphatic carbocycles. The Morgan fingerprint density at radius 3 is 2.65 bits per heavy atom. The first-order chi connectivity index (χ1) is 8.38. The molecule has 94 valence electrons. The SMILES string of the molecule is CC.N=Cc1cccc(CN2CCSCC2)c1. The molecule has 1 aromatic rings. The highest BCUT2D eigenvalue weighted by molar-refractivity contribution is 7.99. The normalized spacial score (nSPS) is 15.9. The third-order valence-corrected chi connectivity index (χ3v) is 3.57. The van der Waals surface area contributed by atoms with E-state index in [1.165, 1.54) is 36.4 Å². The van der Waals surface area contributed by atoms with Gasteiger partial charge in [0.2, 0.25) is 0 Å². The van der Waals surface area contributed by atoms with E-state index in [1.54, 1.807) is 0 Å². The largest absolute Gasteiger partial charge is 0.308 e. The van der Waals surface area contributed by atoms with E-state index in [0.717, 1.165) is 12.1 Å². The van der Waals surface area contributed by atoms with Crippen LogP contribution in [0.5, 0.6) is 0 Å². The lowest BCUT2D eigenvalue weighted by molar-refractivity contribution is 0.294. The van der Waals surface area contributed by atoms with Crippen LogP contribution in [0.2, 0.25) is 0 Å². The first-order valence-electron chi connectivity index (χ1n) is 6.28. The molecule has 1 aromatic carbocycles. The van der Waals surface area contributed by atoms with Crippen LogP contribution in [0.1, 0.15) is 25.0 Å². The lowest BCUT2D eigenvalue weighted by atomic mass is 10.1. The predicted octanol–water partition coefficient (Wildman–Crippen LogP) is 3.26. The van der Waals surface area contributed by atoms with Crippen molar-refractivity contribution >= 4 is 18.0 Å². The van der Waals surface area contributed by atoms with Gasteiger partial charge in [-0.15, -0.1) is 0 Å². The minimum atomic E-state index is 0.999. The number of hydrogen-bond acceptors (Lipinski definition) is 3. The number of nitrogens with zero attached hydrogens (tertiary/aromatic N) is 1. The topological polar surface area (TPSA) is 27.1 Å². The van der Waals surface area contributed by atoms with E-state index in [4.69, 9.17) is 5.41 Å². The maximum absolute atomic E-state index is 7.22. The van der Waals surface area contributed by atoms with Crippen LogP contribution in [0.4, 0.5) is 0 Å². The fourth-order valence-electron chi connectivity index (χ4n) is 1.80. The van der Waals surface area contributed by atoms with Gasteiger partial charge in [-0.2, -0.15) is 11.8 Å². The molecule has 0 saturated carbocycles. The molecular formula is C14H22N2S. The molecule has 0 spiro atoms. The molecule has 17 heavy (non-hydrogen) atoms. The summed E-state index contributed by atoms with van der Waals surface area (Å²) >= 11 is 2.04. The summed E-state index contributed by atoms with van der Waals surface area (Å²) < 4.78 is 0. The second-order valence-corrected chi connectivity index (χ2v) is 5.00. The van der Waals surface area contributed by atoms with Crippen LogP contribution in [0.15, 0.2) is 24.3 Å². The standard InChI is InChI=1S/C12H16N2S.C2H6/c13-9-11-2-1-3-12(8-11)10-14-4-6-15-7-5-14;1-2/h1-3,8-9,13H,4-7,10H2;1-2H3. The average Bonchev–Trinajstić information content (AvgIpc) is 2.42. The lowest BCUT2D eigenvalue weighted by Gasteiger charge is -2.26. The predicted molar refractivity (Wildman–Crippen MR) is 78.3 cm³/mol. The van der Waals surface area contributed by atoms with Crippen molar-refractivity contribution < 1.29 is 0 Å². The Hall–Kier alpha value is -0.800. The second-order valence-electron chi connectivity index (χ2n) is 3.78. The van der Waals surface area contributed by atoms with E-state index in [-0.39, 0.29) is 0 Å². The van der Waals surface area contributed by atoms with Crippen LogP contribution in [-0.4, -0.2) is 35.7 Å². The summed E-state index contributed by atoms with van der Waals surface area (Å²) in [4.78, 5) is 2.49. The zero-order valence-corrected chi connectivity index (χ0v) is 11.6. The Morgan fingerprint density at radius 1 is 1.29 bits per heavy atom. The smallest absolute Gasteiger partial charge is 0.0250 e. The van der Waals surface area contributed by atoms with Gasteiger partial charge in [0.1, 0.15) is 0 Å². The zero-order chi connectivity index (χ0) is 12.5. The Kier molecular flexibility index (Phi) is 6.97. The fourth-order valence-corrected chi connectivity index (χ4v) is 2.78. The van der Waals surface area contributed by atoms with E-state index < -0.39 is 0 Å². The van der Waals surface area contributed by atoms with Crippen LogP contribution in [0.3, 0.4) is 0 Å². The van der Waals surface area contributed by atoms with Gasteiger partial charge in [0.25, 0.3) is 0 Å². The summed E-state index contributed by atoms with van der Waals surface area (Å²) in [5.41, 5.74) is 2.32. The summed E-state index contributed by atoms with van der Waals surface area (Å²) in [6, 6.07) is 8.26. The highest BCUT2D eigenvalue weighted by Gasteiger charge is 2.10. The van der Waals surface area contributed by atoms with Gasteiger partial charge < -0.3 is 5.41 Å². The molecule has 0 atom stereocenters. The molecule has 1 aliphatic rings. The van der Waals surface area contributed by atoms with Crippen molar-refractivity contribution in [2.75, 3.05) is 24.6 Å². The third kappa shape index (κ3) is 4.92. The molecule has 0 aromatic heterocycles. The Morgan fingerprint density at radius 2 is 2.00 bits per heavy atom. The number of benzene rings is 1. The summed E-state index contributed by atoms with van der Waals surface area (Å²) in [5.74, 6) is 2.51. The zero-order valence-electron chi connectivity index (χ0n) is 10.8. The summed E-state index contributed by atoms with van der Waals surface area (Å²) in [6.45, 7) is 7.42. The van der Waals surface area contributed by atoms with Gasteiger partial charge in [-0.3, -0.25) is 4.90 Å². The van der Waals surface area contributed by atoms with E-state index in [0.29, 0.717) is 0 Å². The van der Waals surface area contributed by atoms with Gasteiger partial charge in [0.05, 0.1) is 0 Å². The quantitative estimate of drug-likeness (QED) is 0.834. The molecule has 0 unspecified atom stereocenters. The summed E-state index contributed by atoms with van der Waals surface area (Å²) in [5, 5.41) is 7.22. The fraction of sp³-hybridized carbons (Fsp3) is 0.500. The number of thioether (sulfide) groups is 1. The first kappa shape index (κ1) is 14.3. The monoisotopic (exact) mass is 250 g/mol. The Balaban J connectivity index is 0.000000686. The van der Waals surface area contributed by atoms with Gasteiger partial charge in [-0.25, -0.2) is 0 Å². The second kappa shape index (κ2) is 8.31. The molecule has 1 N–H and O–H groups in total. The van der Waals surface area contributed by atoms with Gasteiger partial charge in [0, 0.05) is 37.4 Å². The first-order valence-corrected chi connectivity index (χ1v) is 7.43. The maximum atomic E-state index is 7.22. The minimum absolute atomic E-state index is 0.999. The van der Waals surface area contributed by atoms with Crippen molar-refractivity contribution in [2.45, 2.75) is 20.4 Å². The van der Waals surface area contributed by atoms with Crippen molar-refractivity contribution in [3.63, 3.8) is 0 Å². The number of rotatable bonds is 3. The highest BCUT2D eigenvalue weighted by atomic mass is 32.2. The molecule has 1 heterocycles. The van der Waals surface area contributed by atoms with Crippen molar-refractivity contribution in [2.24, 2.45) is 0 Å². The molecule has 0 bridgehead atoms. The van der Waals surface area contributed by atoms with Crippen LogP contribution in [0, 0.1) is 5.41 Å². The van der Waals surface area contributed by atoms with Gasteiger partial charge in [-0.1, -0.05) is 32.0 Å². The number of hydrogen-bond donors (Lipinski definition) is 1. The van der Waals surface area contributed by atoms with Crippen LogP contribution >= 0.6 is 11.8 Å². The number of nitrogens with one attached hydrogen (secondary N) is 1. The van der Waals surface area contributed by atoms with Crippen molar-refractivity contribution in [3.05, 3.63) is 35.4 Å². The highest BCUT2D eigenvalue weighted by Crippen LogP contribution is 2.13. The van der Waals surface area contributed by atoms with Gasteiger partial charge in [0.15, 0.2) is 0 Å². The van der Waals surface area contributed by atoms with E-state index >= 15 is 0 Å². The molecule has 1 fully saturated rings. The summed E-state index contributed by atoms with van der Waals surface area (Å²) in [6.07, 6.45) is 1.41. The van der Waals surface area contributed by atoms with Gasteiger partial charge in [-0.05, 0) is 17.2 Å². The summed E-state index contributed by atoms with van der Waals surface area (Å²) in [7, 11) is 0. The molecular weight excluding hydrogens is 228 g/mol. The van der Waals surface area contributed by atoms with Crippen molar-refractivity contribution in [1.82, 2.24) is 4.90 Å².